The minimum absolute atomic E-state index is 0.142. The number of nitrogens with zero attached hydrogens (tertiary/aromatic N) is 10. The smallest absolute Gasteiger partial charge is 0.351 e. The first-order valence-corrected chi connectivity index (χ1v) is 39.1. The zero-order valence-electron chi connectivity index (χ0n) is 76.2. The molecule has 127 heavy (non-hydrogen) atoms. The van der Waals surface area contributed by atoms with Gasteiger partial charge in [0.15, 0.2) is 66.9 Å². The summed E-state index contributed by atoms with van der Waals surface area (Å²) in [6.45, 7) is 19.6. The number of anilines is 5. The van der Waals surface area contributed by atoms with Gasteiger partial charge in [-0.2, -0.15) is 24.9 Å². The zero-order valence-corrected chi connectivity index (χ0v) is 71.2. The van der Waals surface area contributed by atoms with Gasteiger partial charge in [0, 0.05) is 31.0 Å². The summed E-state index contributed by atoms with van der Waals surface area (Å²) in [5, 5.41) is 154. The topological polar surface area (TPSA) is 745 Å². The van der Waals surface area contributed by atoms with Gasteiger partial charge in [0.05, 0.1) is 48.7 Å². The number of aromatic nitrogens is 10. The molecular weight excluding hydrogens is 1700 g/mol. The van der Waals surface area contributed by atoms with Gasteiger partial charge in [-0.05, 0) is 104 Å². The molecule has 5 aliphatic rings. The molecule has 10 rings (SSSR count). The average Bonchev–Trinajstić information content (AvgIpc) is 1.63. The highest BCUT2D eigenvalue weighted by Gasteiger charge is 2.50. The van der Waals surface area contributed by atoms with E-state index in [4.69, 9.17) is 90.1 Å². The molecule has 5 aromatic heterocycles. The Morgan fingerprint density at radius 2 is 0.646 bits per heavy atom. The number of carbonyl (C=O) groups is 5. The number of nitrogens with one attached hydrogen (secondary N) is 5. The van der Waals surface area contributed by atoms with Crippen LogP contribution < -0.4 is 55.8 Å². The highest BCUT2D eigenvalue weighted by Crippen LogP contribution is 2.35. The van der Waals surface area contributed by atoms with E-state index in [1.54, 1.807) is 68.9 Å². The quantitative estimate of drug-likeness (QED) is 0.00707. The molecule has 0 radical (unpaired) electrons. The lowest BCUT2D eigenvalue weighted by molar-refractivity contribution is -0.170. The first-order chi connectivity index (χ1) is 61.3. The average molecular weight is 1820 g/mol. The Labute approximate surface area is 729 Å². The van der Waals surface area contributed by atoms with Gasteiger partial charge in [0.1, 0.15) is 118 Å². The van der Waals surface area contributed by atoms with Crippen molar-refractivity contribution in [2.75, 3.05) is 73.8 Å². The molecule has 5 aromatic rings. The second kappa shape index (κ2) is 47.3. The summed E-state index contributed by atoms with van der Waals surface area (Å²) in [5.41, 5.74) is 0.487. The summed E-state index contributed by atoms with van der Waals surface area (Å²) in [6.07, 6.45) is -26.2. The number of esters is 5. The van der Waals surface area contributed by atoms with Crippen molar-refractivity contribution < 1.29 is 165 Å². The van der Waals surface area contributed by atoms with E-state index in [1.807, 2.05) is 34.6 Å². The van der Waals surface area contributed by atoms with Gasteiger partial charge in [-0.25, -0.2) is 24.0 Å². The van der Waals surface area contributed by atoms with Crippen LogP contribution in [0.25, 0.3) is 0 Å². The van der Waals surface area contributed by atoms with Crippen molar-refractivity contribution in [3.8, 4) is 0 Å². The Morgan fingerprint density at radius 3 is 0.890 bits per heavy atom. The first kappa shape index (κ1) is 97.5. The molecular formula is C75H115N15O37. The van der Waals surface area contributed by atoms with Crippen LogP contribution in [0.1, 0.15) is 160 Å². The first-order valence-electron chi connectivity index (χ1n) is 41.6. The second-order valence-corrected chi connectivity index (χ2v) is 32.5. The number of ether oxygens (including phenoxy) is 11. The van der Waals surface area contributed by atoms with E-state index in [2.05, 4.69) is 24.9 Å². The van der Waals surface area contributed by atoms with Gasteiger partial charge in [0.25, 0.3) is 0 Å². The Balaban J connectivity index is 0.000000254. The molecule has 0 unspecified atom stereocenters. The maximum atomic E-state index is 12.3. The lowest BCUT2D eigenvalue weighted by Gasteiger charge is -2.21. The van der Waals surface area contributed by atoms with Gasteiger partial charge in [-0.3, -0.25) is 100 Å². The summed E-state index contributed by atoms with van der Waals surface area (Å²) in [5.74, 6) is -3.79. The van der Waals surface area contributed by atoms with Crippen LogP contribution in [0.3, 0.4) is 0 Å². The van der Waals surface area contributed by atoms with Crippen LogP contribution in [-0.2, 0) is 76.1 Å². The van der Waals surface area contributed by atoms with Crippen LogP contribution in [0, 0.1) is 27.6 Å². The summed E-state index contributed by atoms with van der Waals surface area (Å²) in [6, 6.07) is 5.87. The van der Waals surface area contributed by atoms with E-state index in [0.717, 1.165) is 49.9 Å². The van der Waals surface area contributed by atoms with E-state index in [1.165, 1.54) is 38.1 Å². The third kappa shape index (κ3) is 28.9. The van der Waals surface area contributed by atoms with Gasteiger partial charge >= 0.3 is 58.3 Å². The van der Waals surface area contributed by atoms with Gasteiger partial charge in [-0.15, -0.1) is 0 Å². The van der Waals surface area contributed by atoms with Crippen molar-refractivity contribution in [3.05, 3.63) is 114 Å². The van der Waals surface area contributed by atoms with Crippen LogP contribution in [0.4, 0.5) is 29.1 Å². The molecule has 5 aliphatic heterocycles. The summed E-state index contributed by atoms with van der Waals surface area (Å²) >= 11 is 0. The largest absolute Gasteiger partial charge is 0.463 e. The SMILES string of the molecule is [2H][C@@]1(n2ccc(NO)nc2=O)O[C@H](COC(=O)C(C)(C)C)[C@@H](O)[C@H]1O.[2H][C@@]1(n2ccc(NO)nc2=O)O[C@H](COC(=O)C(C)(C)CO)[C@@H](O)[C@H]1O.[2H][C@@]1(n2ccc(NO)nc2=O)O[C@H](COC(=O)C(CCC)CCC)[C@@H](O)[C@H]1O.[2H][C@@]1(n2ccc(NO)nc2=O)O[C@H](COC(=O)CC(C)(C)C)[C@@H](O)[C@H]1O.[2H][C@@]1(n2ccc(NO)nc2=O)O[C@H](COCOC(=O)C(C)(C)C)[C@@H](O)[C@H]1O. The second-order valence-electron chi connectivity index (χ2n) is 32.5. The van der Waals surface area contributed by atoms with E-state index < -0.39 is 224 Å². The molecule has 21 N–H and O–H groups in total. The Bertz CT molecular complexity index is 5020. The van der Waals surface area contributed by atoms with Crippen molar-refractivity contribution in [3.63, 3.8) is 0 Å². The summed E-state index contributed by atoms with van der Waals surface area (Å²) in [4.78, 5) is 137. The van der Waals surface area contributed by atoms with E-state index in [-0.39, 0.29) is 66.7 Å². The molecule has 52 heteroatoms. The van der Waals surface area contributed by atoms with Gasteiger partial charge in [0.2, 0.25) is 0 Å². The normalized spacial score (nSPS) is 29.6. The van der Waals surface area contributed by atoms with Crippen molar-refractivity contribution in [1.82, 2.24) is 47.8 Å². The lowest BCUT2D eigenvalue weighted by Crippen LogP contribution is -2.37. The molecule has 10 heterocycles. The van der Waals surface area contributed by atoms with Gasteiger partial charge < -0.3 is 108 Å². The maximum Gasteiger partial charge on any atom is 0.351 e. The lowest BCUT2D eigenvalue weighted by atomic mass is 9.92. The molecule has 0 aromatic carbocycles. The number of rotatable bonds is 30. The van der Waals surface area contributed by atoms with E-state index >= 15 is 0 Å². The number of hydrogen-bond acceptors (Lipinski definition) is 47. The van der Waals surface area contributed by atoms with Crippen molar-refractivity contribution in [2.24, 2.45) is 27.6 Å². The van der Waals surface area contributed by atoms with E-state index in [9.17, 15) is 99.0 Å². The molecule has 0 amide bonds. The number of hydrogen-bond donors (Lipinski definition) is 21. The highest BCUT2D eigenvalue weighted by molar-refractivity contribution is 5.76. The van der Waals surface area contributed by atoms with Crippen LogP contribution in [-0.4, -0.2) is 298 Å². The molecule has 0 aliphatic carbocycles. The molecule has 52 nitrogen and oxygen atoms in total. The highest BCUT2D eigenvalue weighted by atomic mass is 16.7. The van der Waals surface area contributed by atoms with Crippen LogP contribution >= 0.6 is 0 Å². The number of aliphatic hydroxyl groups excluding tert-OH is 11. The molecule has 0 spiro atoms. The maximum absolute atomic E-state index is 12.3. The standard InChI is InChI=1S/C17H27N3O7.C15H23N3O8.C15H23N3O7.C14H21N3O8.C14H21N3O7/c1-3-5-10(6-4-2)16(23)26-9-11-13(21)14(22)15(27-11)20-8-7-12(19-25)18-17(20)24;1-15(2,3)13(21)25-7-24-6-8-10(19)11(20)12(26-8)18-5-4-9(17-23)16-14(18)22;1-15(2,3)6-10(19)24-7-8-11(20)12(21)13(25-8)18-5-4-9(17-23)16-14(18)22;1-14(2,6-18)12(21)24-5-7-9(19)10(20)11(25-7)17-4-3-8(16-23)15-13(17)22;1-14(2,3)12(20)23-6-7-9(18)10(19)11(24-7)17-5-4-8(16-22)15-13(17)21/h7-8,10-11,13-15,21-22,25H,3-6,9H2,1-2H3,(H,18,19,24);4-5,8,10-12,19-20,23H,6-7H2,1-3H3,(H,16,17,22);4-5,8,11-13,20-21,23H,6-7H2,1-3H3,(H,16,17,22);3-4,7,9-11,18-20,23H,5-6H2,1-2H3,(H,15,16,22);4-5,7,9-11,18-19,22H,6H2,1-3H3,(H,15,16,21)/t11-,13-,14-,15-;8-,10-,11-,12-;8-,11-,12-,13-;2*7-,9-,10-,11-/m11111/s1/i15D;12D;13D;2*11D. The van der Waals surface area contributed by atoms with Crippen molar-refractivity contribution >= 4 is 58.9 Å². The molecule has 5 fully saturated rings. The fourth-order valence-electron chi connectivity index (χ4n) is 11.3. The predicted molar refractivity (Wildman–Crippen MR) is 427 cm³/mol. The minimum atomic E-state index is -2.42. The third-order valence-electron chi connectivity index (χ3n) is 18.5. The van der Waals surface area contributed by atoms with Crippen LogP contribution in [0.5, 0.6) is 0 Å². The monoisotopic (exact) mass is 1820 g/mol. The Kier molecular flexibility index (Phi) is 36.3. The summed E-state index contributed by atoms with van der Waals surface area (Å²) in [7, 11) is 0. The Hall–Kier alpha value is -10.1. The summed E-state index contributed by atoms with van der Waals surface area (Å²) < 4.78 is 102. The minimum Gasteiger partial charge on any atom is -0.463 e. The predicted octanol–water partition coefficient (Wildman–Crippen LogP) is -3.23. The number of aliphatic hydroxyl groups is 11. The zero-order chi connectivity index (χ0) is 99.7. The number of carbonyl (C=O) groups excluding carboxylic acids is 5. The Morgan fingerprint density at radius 1 is 0.394 bits per heavy atom. The fraction of sp³-hybridized carbons (Fsp3) is 0.667. The van der Waals surface area contributed by atoms with Gasteiger partial charge in [-0.1, -0.05) is 47.5 Å². The molecule has 5 saturated heterocycles. The van der Waals surface area contributed by atoms with E-state index in [0.29, 0.717) is 35.7 Å². The third-order valence-corrected chi connectivity index (χ3v) is 18.5. The van der Waals surface area contributed by atoms with Crippen LogP contribution in [0.15, 0.2) is 85.3 Å². The molecule has 20 atom stereocenters. The fourth-order valence-corrected chi connectivity index (χ4v) is 11.3. The molecule has 0 bridgehead atoms. The van der Waals surface area contributed by atoms with Crippen molar-refractivity contribution in [1.29, 1.82) is 0 Å². The van der Waals surface area contributed by atoms with Crippen LogP contribution in [0.2, 0.25) is 0 Å². The van der Waals surface area contributed by atoms with Crippen molar-refractivity contribution in [2.45, 2.75) is 245 Å². The molecule has 0 saturated carbocycles. The molecule has 712 valence electrons.